The van der Waals surface area contributed by atoms with Gasteiger partial charge in [-0.2, -0.15) is 5.10 Å². The number of aryl methyl sites for hydroxylation is 1. The van der Waals surface area contributed by atoms with E-state index in [1.165, 1.54) is 0 Å². The summed E-state index contributed by atoms with van der Waals surface area (Å²) in [6, 6.07) is 4.45. The number of nitrogens with two attached hydrogens (primary N) is 1. The normalized spacial score (nSPS) is 12.2. The molecule has 0 aliphatic carbocycles. The van der Waals surface area contributed by atoms with Gasteiger partial charge in [-0.25, -0.2) is 0 Å². The molecular formula is C14H16Cl2N4O. The number of carbonyl (C=O) groups is 1. The minimum atomic E-state index is -0.738. The Bertz CT molecular complexity index is 636. The molecule has 0 aliphatic rings. The van der Waals surface area contributed by atoms with E-state index in [2.05, 4.69) is 5.10 Å². The lowest BCUT2D eigenvalue weighted by atomic mass is 10.1. The first-order valence-electron chi connectivity index (χ1n) is 6.31. The molecule has 0 aliphatic heterocycles. The number of hydrogen-bond donors (Lipinski definition) is 1. The third-order valence-electron chi connectivity index (χ3n) is 3.07. The lowest BCUT2D eigenvalue weighted by Crippen LogP contribution is -2.35. The van der Waals surface area contributed by atoms with Crippen LogP contribution in [0.2, 0.25) is 10.0 Å². The smallest absolute Gasteiger partial charge is 0.244 e. The van der Waals surface area contributed by atoms with E-state index in [9.17, 15) is 4.79 Å². The van der Waals surface area contributed by atoms with Crippen LogP contribution in [-0.2, 0) is 18.4 Å². The molecule has 1 atom stereocenters. The lowest BCUT2D eigenvalue weighted by molar-refractivity contribution is -0.131. The Morgan fingerprint density at radius 2 is 2.00 bits per heavy atom. The highest BCUT2D eigenvalue weighted by molar-refractivity contribution is 6.34. The number of nitrogens with zero attached hydrogens (tertiary/aromatic N) is 3. The predicted molar refractivity (Wildman–Crippen MR) is 83.1 cm³/mol. The Hall–Kier alpha value is -1.56. The average molecular weight is 327 g/mol. The number of halogens is 2. The molecule has 0 saturated heterocycles. The molecule has 1 heterocycles. The predicted octanol–water partition coefficient (Wildman–Crippen LogP) is 2.39. The highest BCUT2D eigenvalue weighted by Crippen LogP contribution is 2.21. The Kier molecular flexibility index (Phi) is 4.88. The van der Waals surface area contributed by atoms with Gasteiger partial charge in [-0.1, -0.05) is 23.2 Å². The highest BCUT2D eigenvalue weighted by Gasteiger charge is 2.21. The van der Waals surface area contributed by atoms with Gasteiger partial charge in [0.05, 0.1) is 6.20 Å². The summed E-state index contributed by atoms with van der Waals surface area (Å²) in [5.41, 5.74) is 7.50. The van der Waals surface area contributed by atoms with Crippen molar-refractivity contribution in [1.82, 2.24) is 14.7 Å². The van der Waals surface area contributed by atoms with Crippen molar-refractivity contribution in [2.75, 3.05) is 7.05 Å². The van der Waals surface area contributed by atoms with Crippen molar-refractivity contribution in [1.29, 1.82) is 0 Å². The zero-order valence-electron chi connectivity index (χ0n) is 11.8. The molecule has 2 rings (SSSR count). The molecule has 0 radical (unpaired) electrons. The fourth-order valence-electron chi connectivity index (χ4n) is 2.03. The summed E-state index contributed by atoms with van der Waals surface area (Å²) in [6.45, 7) is 0.382. The molecule has 1 unspecified atom stereocenters. The van der Waals surface area contributed by atoms with E-state index in [-0.39, 0.29) is 5.91 Å². The van der Waals surface area contributed by atoms with Crippen LogP contribution in [0.15, 0.2) is 30.6 Å². The van der Waals surface area contributed by atoms with Crippen molar-refractivity contribution in [2.45, 2.75) is 12.6 Å². The second-order valence-electron chi connectivity index (χ2n) is 4.90. The Morgan fingerprint density at radius 3 is 2.52 bits per heavy atom. The SMILES string of the molecule is CN(Cc1cc(Cl)cc(Cl)c1)C(=O)C(N)c1cnn(C)c1. The fraction of sp³-hybridized carbons (Fsp3) is 0.286. The average Bonchev–Trinajstić information content (AvgIpc) is 2.82. The molecule has 21 heavy (non-hydrogen) atoms. The van der Waals surface area contributed by atoms with Crippen molar-refractivity contribution < 1.29 is 4.79 Å². The second-order valence-corrected chi connectivity index (χ2v) is 5.77. The van der Waals surface area contributed by atoms with Crippen molar-refractivity contribution in [3.63, 3.8) is 0 Å². The maximum atomic E-state index is 12.3. The molecule has 2 N–H and O–H groups in total. The summed E-state index contributed by atoms with van der Waals surface area (Å²) in [5, 5.41) is 5.09. The quantitative estimate of drug-likeness (QED) is 0.938. The topological polar surface area (TPSA) is 64.2 Å². The zero-order chi connectivity index (χ0) is 15.6. The van der Waals surface area contributed by atoms with Crippen LogP contribution in [0.4, 0.5) is 0 Å². The first-order valence-corrected chi connectivity index (χ1v) is 7.06. The lowest BCUT2D eigenvalue weighted by Gasteiger charge is -2.21. The van der Waals surface area contributed by atoms with E-state index in [0.29, 0.717) is 22.2 Å². The van der Waals surface area contributed by atoms with Crippen LogP contribution in [-0.4, -0.2) is 27.6 Å². The Balaban J connectivity index is 2.08. The second kappa shape index (κ2) is 6.47. The van der Waals surface area contributed by atoms with E-state index in [0.717, 1.165) is 5.56 Å². The van der Waals surface area contributed by atoms with Crippen molar-refractivity contribution in [3.8, 4) is 0 Å². The summed E-state index contributed by atoms with van der Waals surface area (Å²) in [7, 11) is 3.46. The van der Waals surface area contributed by atoms with Crippen LogP contribution >= 0.6 is 23.2 Å². The molecule has 1 amide bonds. The number of amides is 1. The van der Waals surface area contributed by atoms with Gasteiger partial charge in [0, 0.05) is 42.4 Å². The van der Waals surface area contributed by atoms with Crippen molar-refractivity contribution in [2.24, 2.45) is 12.8 Å². The largest absolute Gasteiger partial charge is 0.340 e. The summed E-state index contributed by atoms with van der Waals surface area (Å²) in [6.07, 6.45) is 3.32. The number of benzene rings is 1. The van der Waals surface area contributed by atoms with Gasteiger partial charge in [-0.05, 0) is 23.8 Å². The van der Waals surface area contributed by atoms with Gasteiger partial charge in [0.15, 0.2) is 0 Å². The molecule has 0 spiro atoms. The molecule has 7 heteroatoms. The van der Waals surface area contributed by atoms with E-state index < -0.39 is 6.04 Å². The molecule has 1 aromatic heterocycles. The summed E-state index contributed by atoms with van der Waals surface area (Å²) in [5.74, 6) is -0.195. The van der Waals surface area contributed by atoms with Crippen molar-refractivity contribution in [3.05, 3.63) is 51.8 Å². The molecule has 0 fully saturated rings. The van der Waals surface area contributed by atoms with Gasteiger partial charge in [-0.3, -0.25) is 9.48 Å². The van der Waals surface area contributed by atoms with Crippen LogP contribution < -0.4 is 5.73 Å². The van der Waals surface area contributed by atoms with Crippen LogP contribution in [0.3, 0.4) is 0 Å². The Labute approximate surface area is 133 Å². The van der Waals surface area contributed by atoms with Crippen LogP contribution in [0.1, 0.15) is 17.2 Å². The minimum Gasteiger partial charge on any atom is -0.340 e. The van der Waals surface area contributed by atoms with Gasteiger partial charge in [0.1, 0.15) is 6.04 Å². The number of aromatic nitrogens is 2. The molecular weight excluding hydrogens is 311 g/mol. The van der Waals surface area contributed by atoms with Crippen LogP contribution in [0.5, 0.6) is 0 Å². The van der Waals surface area contributed by atoms with Gasteiger partial charge in [-0.15, -0.1) is 0 Å². The first kappa shape index (κ1) is 15.8. The summed E-state index contributed by atoms with van der Waals surface area (Å²) < 4.78 is 1.61. The number of hydrogen-bond acceptors (Lipinski definition) is 3. The van der Waals surface area contributed by atoms with Gasteiger partial charge >= 0.3 is 0 Å². The van der Waals surface area contributed by atoms with Gasteiger partial charge < -0.3 is 10.6 Å². The molecule has 2 aromatic rings. The zero-order valence-corrected chi connectivity index (χ0v) is 13.3. The highest BCUT2D eigenvalue weighted by atomic mass is 35.5. The molecule has 1 aromatic carbocycles. The maximum Gasteiger partial charge on any atom is 0.244 e. The maximum absolute atomic E-state index is 12.3. The number of carbonyl (C=O) groups excluding carboxylic acids is 1. The van der Waals surface area contributed by atoms with Crippen LogP contribution in [0, 0.1) is 0 Å². The molecule has 0 saturated carbocycles. The van der Waals surface area contributed by atoms with E-state index in [4.69, 9.17) is 28.9 Å². The fourth-order valence-corrected chi connectivity index (χ4v) is 2.61. The first-order chi connectivity index (χ1) is 9.86. The van der Waals surface area contributed by atoms with Gasteiger partial charge in [0.2, 0.25) is 5.91 Å². The summed E-state index contributed by atoms with van der Waals surface area (Å²) >= 11 is 11.9. The molecule has 112 valence electrons. The Morgan fingerprint density at radius 1 is 1.38 bits per heavy atom. The standard InChI is InChI=1S/C14H16Cl2N4O/c1-19(7-9-3-11(15)5-12(16)4-9)14(21)13(17)10-6-18-20(2)8-10/h3-6,8,13H,7,17H2,1-2H3. The molecule has 0 bridgehead atoms. The minimum absolute atomic E-state index is 0.195. The number of rotatable bonds is 4. The third-order valence-corrected chi connectivity index (χ3v) is 3.50. The van der Waals surface area contributed by atoms with Gasteiger partial charge in [0.25, 0.3) is 0 Å². The van der Waals surface area contributed by atoms with E-state index in [1.54, 1.807) is 54.3 Å². The van der Waals surface area contributed by atoms with Crippen LogP contribution in [0.25, 0.3) is 0 Å². The van der Waals surface area contributed by atoms with E-state index in [1.807, 2.05) is 0 Å². The molecule has 5 nitrogen and oxygen atoms in total. The van der Waals surface area contributed by atoms with Crippen molar-refractivity contribution >= 4 is 29.1 Å². The van der Waals surface area contributed by atoms with E-state index >= 15 is 0 Å². The summed E-state index contributed by atoms with van der Waals surface area (Å²) in [4.78, 5) is 13.9. The monoisotopic (exact) mass is 326 g/mol. The third kappa shape index (κ3) is 3.97. The number of likely N-dealkylation sites (N-methyl/N-ethyl adjacent to an activating group) is 1.